The fourth-order valence-electron chi connectivity index (χ4n) is 0.966. The van der Waals surface area contributed by atoms with Crippen LogP contribution in [0.15, 0.2) is 6.20 Å². The van der Waals surface area contributed by atoms with Gasteiger partial charge in [-0.05, 0) is 0 Å². The van der Waals surface area contributed by atoms with E-state index in [1.165, 1.54) is 0 Å². The molecule has 3 N–H and O–H groups in total. The van der Waals surface area contributed by atoms with Gasteiger partial charge in [0.25, 0.3) is 6.43 Å². The van der Waals surface area contributed by atoms with Crippen LogP contribution < -0.4 is 5.73 Å². The Bertz CT molecular complexity index is 376. The average Bonchev–Trinajstić information content (AvgIpc) is 2.00. The molecule has 0 radical (unpaired) electrons. The van der Waals surface area contributed by atoms with Gasteiger partial charge in [-0.2, -0.15) is 13.2 Å². The zero-order valence-corrected chi connectivity index (χ0v) is 7.02. The molecule has 0 unspecified atom stereocenters. The lowest BCUT2D eigenvalue weighted by atomic mass is 10.1. The maximum absolute atomic E-state index is 12.2. The van der Waals surface area contributed by atoms with Crippen molar-refractivity contribution in [1.29, 1.82) is 0 Å². The van der Waals surface area contributed by atoms with Crippen molar-refractivity contribution < 1.29 is 27.1 Å². The number of alkyl halides is 5. The maximum Gasteiger partial charge on any atom is 0.437 e. The van der Waals surface area contributed by atoms with Gasteiger partial charge in [-0.3, -0.25) is 0 Å². The predicted molar refractivity (Wildman–Crippen MR) is 40.3 cm³/mol. The van der Waals surface area contributed by atoms with Crippen LogP contribution >= 0.6 is 0 Å². The highest BCUT2D eigenvalue weighted by atomic mass is 19.4. The molecule has 15 heavy (non-hydrogen) atoms. The summed E-state index contributed by atoms with van der Waals surface area (Å²) in [5, 5.41) is 8.93. The fourth-order valence-corrected chi connectivity index (χ4v) is 0.966. The molecule has 3 nitrogen and oxygen atoms in total. The van der Waals surface area contributed by atoms with Crippen LogP contribution in [0.25, 0.3) is 0 Å². The van der Waals surface area contributed by atoms with E-state index >= 15 is 0 Å². The number of aromatic hydroxyl groups is 1. The summed E-state index contributed by atoms with van der Waals surface area (Å²) in [5.41, 5.74) is 1.26. The molecule has 8 heteroatoms. The lowest BCUT2D eigenvalue weighted by molar-refractivity contribution is -0.142. The van der Waals surface area contributed by atoms with Crippen molar-refractivity contribution in [1.82, 2.24) is 4.98 Å². The fraction of sp³-hybridized carbons (Fsp3) is 0.286. The van der Waals surface area contributed by atoms with E-state index in [4.69, 9.17) is 10.8 Å². The van der Waals surface area contributed by atoms with Gasteiger partial charge in [-0.25, -0.2) is 13.8 Å². The van der Waals surface area contributed by atoms with Crippen molar-refractivity contribution in [2.75, 3.05) is 5.73 Å². The first-order valence-electron chi connectivity index (χ1n) is 3.57. The van der Waals surface area contributed by atoms with E-state index in [0.29, 0.717) is 6.20 Å². The molecule has 0 aliphatic heterocycles. The van der Waals surface area contributed by atoms with Crippen LogP contribution in [0.1, 0.15) is 17.7 Å². The van der Waals surface area contributed by atoms with Crippen molar-refractivity contribution in [3.8, 4) is 5.75 Å². The predicted octanol–water partition coefficient (Wildman–Crippen LogP) is 2.33. The lowest BCUT2D eigenvalue weighted by Crippen LogP contribution is -2.11. The van der Waals surface area contributed by atoms with Crippen LogP contribution in [0.3, 0.4) is 0 Å². The summed E-state index contributed by atoms with van der Waals surface area (Å²) in [7, 11) is 0. The number of aromatic nitrogens is 1. The number of rotatable bonds is 1. The summed E-state index contributed by atoms with van der Waals surface area (Å²) >= 11 is 0. The van der Waals surface area contributed by atoms with E-state index in [1.807, 2.05) is 0 Å². The molecule has 84 valence electrons. The summed E-state index contributed by atoms with van der Waals surface area (Å²) in [6.07, 6.45) is -7.86. The summed E-state index contributed by atoms with van der Waals surface area (Å²) in [5.74, 6) is -1.63. The van der Waals surface area contributed by atoms with Gasteiger partial charge in [0, 0.05) is 0 Å². The summed E-state index contributed by atoms with van der Waals surface area (Å²) in [6, 6.07) is 0. The minimum absolute atomic E-state index is 0.435. The molecule has 0 aromatic carbocycles. The molecule has 0 aliphatic rings. The first-order chi connectivity index (χ1) is 6.75. The molecule has 1 aromatic heterocycles. The molecule has 1 heterocycles. The van der Waals surface area contributed by atoms with Gasteiger partial charge in [0.2, 0.25) is 0 Å². The minimum Gasteiger partial charge on any atom is -0.505 e. The van der Waals surface area contributed by atoms with E-state index in [2.05, 4.69) is 4.98 Å². The summed E-state index contributed by atoms with van der Waals surface area (Å²) in [6.45, 7) is 0. The quantitative estimate of drug-likeness (QED) is 0.725. The van der Waals surface area contributed by atoms with Gasteiger partial charge >= 0.3 is 6.18 Å². The van der Waals surface area contributed by atoms with E-state index in [1.54, 1.807) is 0 Å². The van der Waals surface area contributed by atoms with Crippen LogP contribution in [-0.2, 0) is 6.18 Å². The topological polar surface area (TPSA) is 59.1 Å². The zero-order valence-electron chi connectivity index (χ0n) is 7.02. The third-order valence-corrected chi connectivity index (χ3v) is 1.61. The molecule has 0 spiro atoms. The normalized spacial score (nSPS) is 12.1. The first-order valence-corrected chi connectivity index (χ1v) is 3.57. The van der Waals surface area contributed by atoms with Crippen LogP contribution in [0.5, 0.6) is 5.75 Å². The van der Waals surface area contributed by atoms with E-state index < -0.39 is 35.3 Å². The standard InChI is InChI=1S/C7H5F5N2O/c8-6(9)3-2(13)1-14-5(4(3)15)7(10,11)12/h1,6,15H,13H2. The largest absolute Gasteiger partial charge is 0.505 e. The molecule has 0 saturated carbocycles. The third-order valence-electron chi connectivity index (χ3n) is 1.61. The molecule has 1 rings (SSSR count). The van der Waals surface area contributed by atoms with E-state index in [-0.39, 0.29) is 0 Å². The third kappa shape index (κ3) is 2.08. The van der Waals surface area contributed by atoms with Crippen molar-refractivity contribution in [3.63, 3.8) is 0 Å². The Morgan fingerprint density at radius 2 is 1.87 bits per heavy atom. The lowest BCUT2D eigenvalue weighted by Gasteiger charge is -2.12. The van der Waals surface area contributed by atoms with Crippen molar-refractivity contribution in [2.45, 2.75) is 12.6 Å². The monoisotopic (exact) mass is 228 g/mol. The highest BCUT2D eigenvalue weighted by molar-refractivity contribution is 5.55. The maximum atomic E-state index is 12.2. The number of nitrogens with two attached hydrogens (primary N) is 1. The van der Waals surface area contributed by atoms with Gasteiger partial charge in [-0.1, -0.05) is 0 Å². The molecule has 0 aliphatic carbocycles. The highest BCUT2D eigenvalue weighted by Gasteiger charge is 2.38. The number of halogens is 5. The molecule has 1 aromatic rings. The Kier molecular flexibility index (Phi) is 2.69. The van der Waals surface area contributed by atoms with Crippen molar-refractivity contribution >= 4 is 5.69 Å². The number of hydrogen-bond acceptors (Lipinski definition) is 3. The molecule has 0 bridgehead atoms. The Morgan fingerprint density at radius 1 is 1.33 bits per heavy atom. The van der Waals surface area contributed by atoms with Crippen LogP contribution in [0, 0.1) is 0 Å². The average molecular weight is 228 g/mol. The number of hydrogen-bond donors (Lipinski definition) is 2. The number of pyridine rings is 1. The van der Waals surface area contributed by atoms with Crippen molar-refractivity contribution in [3.05, 3.63) is 17.5 Å². The Labute approximate surface area is 80.3 Å². The van der Waals surface area contributed by atoms with Crippen LogP contribution in [0.4, 0.5) is 27.6 Å². The molecule has 0 saturated heterocycles. The Balaban J connectivity index is 3.42. The Morgan fingerprint density at radius 3 is 2.27 bits per heavy atom. The number of anilines is 1. The van der Waals surface area contributed by atoms with Gasteiger partial charge < -0.3 is 10.8 Å². The smallest absolute Gasteiger partial charge is 0.437 e. The molecule has 0 amide bonds. The SMILES string of the molecule is Nc1cnc(C(F)(F)F)c(O)c1C(F)F. The zero-order chi connectivity index (χ0) is 11.8. The van der Waals surface area contributed by atoms with Crippen molar-refractivity contribution in [2.24, 2.45) is 0 Å². The molecule has 0 atom stereocenters. The molecule has 0 fully saturated rings. The van der Waals surface area contributed by atoms with Crippen LogP contribution in [-0.4, -0.2) is 10.1 Å². The van der Waals surface area contributed by atoms with Gasteiger partial charge in [0.15, 0.2) is 11.4 Å². The number of nitrogen functional groups attached to an aromatic ring is 1. The molecular weight excluding hydrogens is 223 g/mol. The summed E-state index contributed by atoms with van der Waals surface area (Å²) in [4.78, 5) is 2.76. The summed E-state index contributed by atoms with van der Waals surface area (Å²) < 4.78 is 60.8. The minimum atomic E-state index is -5.00. The van der Waals surface area contributed by atoms with E-state index in [0.717, 1.165) is 0 Å². The second kappa shape index (κ2) is 3.52. The van der Waals surface area contributed by atoms with Gasteiger partial charge in [-0.15, -0.1) is 0 Å². The van der Waals surface area contributed by atoms with Gasteiger partial charge in [0.05, 0.1) is 17.4 Å². The second-order valence-electron chi connectivity index (χ2n) is 2.62. The highest BCUT2D eigenvalue weighted by Crippen LogP contribution is 2.41. The second-order valence-corrected chi connectivity index (χ2v) is 2.62. The van der Waals surface area contributed by atoms with E-state index in [9.17, 15) is 22.0 Å². The van der Waals surface area contributed by atoms with Gasteiger partial charge in [0.1, 0.15) is 0 Å². The molecular formula is C7H5F5N2O. The Hall–Kier alpha value is -1.60. The number of nitrogens with zero attached hydrogens (tertiary/aromatic N) is 1. The first kappa shape index (κ1) is 11.5. The van der Waals surface area contributed by atoms with Crippen LogP contribution in [0.2, 0.25) is 0 Å².